The normalized spacial score (nSPS) is 14.5. The second kappa shape index (κ2) is 5.87. The summed E-state index contributed by atoms with van der Waals surface area (Å²) in [4.78, 5) is 11.1. The summed E-state index contributed by atoms with van der Waals surface area (Å²) < 4.78 is 0. The Morgan fingerprint density at radius 3 is 2.33 bits per heavy atom. The van der Waals surface area contributed by atoms with Gasteiger partial charge in [-0.2, -0.15) is 0 Å². The summed E-state index contributed by atoms with van der Waals surface area (Å²) in [5.74, 6) is -0.691. The molecule has 1 aromatic carbocycles. The summed E-state index contributed by atoms with van der Waals surface area (Å²) in [6.07, 6.45) is 0. The maximum atomic E-state index is 11.1. The van der Waals surface area contributed by atoms with Gasteiger partial charge in [0.25, 0.3) is 0 Å². The third-order valence-corrected chi connectivity index (χ3v) is 3.01. The largest absolute Gasteiger partial charge is 0.508 e. The molecule has 3 N–H and O–H groups in total. The average molecular weight is 251 g/mol. The van der Waals surface area contributed by atoms with Gasteiger partial charge in [-0.05, 0) is 31.4 Å². The van der Waals surface area contributed by atoms with Gasteiger partial charge in [0.2, 0.25) is 0 Å². The van der Waals surface area contributed by atoms with Crippen LogP contribution < -0.4 is 5.32 Å². The van der Waals surface area contributed by atoms with Gasteiger partial charge in [-0.25, -0.2) is 0 Å². The molecule has 0 radical (unpaired) electrons. The Morgan fingerprint density at radius 2 is 1.89 bits per heavy atom. The van der Waals surface area contributed by atoms with Gasteiger partial charge < -0.3 is 10.2 Å². The molecule has 2 atom stereocenters. The smallest absolute Gasteiger partial charge is 0.320 e. The quantitative estimate of drug-likeness (QED) is 0.752. The molecule has 0 spiro atoms. The number of hydrogen-bond donors (Lipinski definition) is 3. The van der Waals surface area contributed by atoms with Crippen LogP contribution in [-0.2, 0) is 4.79 Å². The van der Waals surface area contributed by atoms with E-state index >= 15 is 0 Å². The predicted octanol–water partition coefficient (Wildman–Crippen LogP) is 2.46. The van der Waals surface area contributed by atoms with Gasteiger partial charge in [-0.15, -0.1) is 0 Å². The van der Waals surface area contributed by atoms with Gasteiger partial charge in [0, 0.05) is 11.6 Å². The van der Waals surface area contributed by atoms with E-state index in [4.69, 9.17) is 5.11 Å². The van der Waals surface area contributed by atoms with Crippen molar-refractivity contribution in [3.63, 3.8) is 0 Å². The number of phenolic OH excluding ortho intramolecular Hbond substituents is 1. The molecule has 0 aliphatic carbocycles. The van der Waals surface area contributed by atoms with Crippen LogP contribution in [0, 0.1) is 12.8 Å². The van der Waals surface area contributed by atoms with Crippen LogP contribution in [0.5, 0.6) is 5.75 Å². The highest BCUT2D eigenvalue weighted by molar-refractivity contribution is 5.73. The van der Waals surface area contributed by atoms with Gasteiger partial charge >= 0.3 is 5.97 Å². The van der Waals surface area contributed by atoms with Crippen molar-refractivity contribution < 1.29 is 15.0 Å². The number of aliphatic carboxylic acids is 1. The topological polar surface area (TPSA) is 69.6 Å². The Labute approximate surface area is 108 Å². The van der Waals surface area contributed by atoms with Crippen LogP contribution in [0.1, 0.15) is 37.9 Å². The SMILES string of the molecule is Cc1ccc(C(C)NC(C(=O)O)C(C)C)c(O)c1. The zero-order chi connectivity index (χ0) is 13.9. The van der Waals surface area contributed by atoms with E-state index < -0.39 is 12.0 Å². The molecule has 100 valence electrons. The Morgan fingerprint density at radius 1 is 1.28 bits per heavy atom. The number of phenols is 1. The second-order valence-electron chi connectivity index (χ2n) is 5.01. The molecule has 0 heterocycles. The summed E-state index contributed by atoms with van der Waals surface area (Å²) in [6.45, 7) is 7.46. The molecule has 0 amide bonds. The lowest BCUT2D eigenvalue weighted by atomic mass is 10.00. The van der Waals surface area contributed by atoms with Crippen molar-refractivity contribution in [1.29, 1.82) is 0 Å². The van der Waals surface area contributed by atoms with E-state index in [1.807, 2.05) is 39.8 Å². The van der Waals surface area contributed by atoms with Gasteiger partial charge in [0.15, 0.2) is 0 Å². The lowest BCUT2D eigenvalue weighted by molar-refractivity contribution is -0.140. The second-order valence-corrected chi connectivity index (χ2v) is 5.01. The molecular weight excluding hydrogens is 230 g/mol. The van der Waals surface area contributed by atoms with Crippen molar-refractivity contribution in [3.8, 4) is 5.75 Å². The van der Waals surface area contributed by atoms with Crippen LogP contribution in [0.3, 0.4) is 0 Å². The molecule has 0 aromatic heterocycles. The minimum atomic E-state index is -0.872. The minimum Gasteiger partial charge on any atom is -0.508 e. The van der Waals surface area contributed by atoms with Gasteiger partial charge in [-0.1, -0.05) is 26.0 Å². The van der Waals surface area contributed by atoms with Crippen LogP contribution in [-0.4, -0.2) is 22.2 Å². The number of carbonyl (C=O) groups is 1. The zero-order valence-electron chi connectivity index (χ0n) is 11.3. The molecule has 18 heavy (non-hydrogen) atoms. The van der Waals surface area contributed by atoms with Gasteiger partial charge in [0.05, 0.1) is 0 Å². The van der Waals surface area contributed by atoms with E-state index in [0.29, 0.717) is 5.56 Å². The summed E-state index contributed by atoms with van der Waals surface area (Å²) >= 11 is 0. The van der Waals surface area contributed by atoms with Crippen LogP contribution in [0.15, 0.2) is 18.2 Å². The fourth-order valence-electron chi connectivity index (χ4n) is 1.93. The molecule has 0 aliphatic rings. The lowest BCUT2D eigenvalue weighted by Gasteiger charge is -2.23. The maximum absolute atomic E-state index is 11.1. The molecule has 4 heteroatoms. The van der Waals surface area contributed by atoms with E-state index in [9.17, 15) is 9.90 Å². The molecule has 1 aromatic rings. The van der Waals surface area contributed by atoms with Crippen molar-refractivity contribution >= 4 is 5.97 Å². The Balaban J connectivity index is 2.87. The number of rotatable bonds is 5. The number of carboxylic acid groups (broad SMARTS) is 1. The monoisotopic (exact) mass is 251 g/mol. The summed E-state index contributed by atoms with van der Waals surface area (Å²) in [6, 6.07) is 4.56. The predicted molar refractivity (Wildman–Crippen MR) is 70.7 cm³/mol. The first-order chi connectivity index (χ1) is 8.32. The first kappa shape index (κ1) is 14.5. The van der Waals surface area contributed by atoms with Gasteiger partial charge in [0.1, 0.15) is 11.8 Å². The maximum Gasteiger partial charge on any atom is 0.320 e. The van der Waals surface area contributed by atoms with Crippen LogP contribution in [0.25, 0.3) is 0 Å². The molecule has 2 unspecified atom stereocenters. The highest BCUT2D eigenvalue weighted by atomic mass is 16.4. The fourth-order valence-corrected chi connectivity index (χ4v) is 1.93. The molecule has 1 rings (SSSR count). The molecule has 0 bridgehead atoms. The third-order valence-electron chi connectivity index (χ3n) is 3.01. The first-order valence-corrected chi connectivity index (χ1v) is 6.11. The number of hydrogen-bond acceptors (Lipinski definition) is 3. The number of aromatic hydroxyl groups is 1. The van der Waals surface area contributed by atoms with E-state index in [1.54, 1.807) is 6.07 Å². The van der Waals surface area contributed by atoms with E-state index in [-0.39, 0.29) is 17.7 Å². The van der Waals surface area contributed by atoms with E-state index in [0.717, 1.165) is 5.56 Å². The standard InChI is InChI=1S/C14H21NO3/c1-8(2)13(14(17)18)15-10(4)11-6-5-9(3)7-12(11)16/h5-8,10,13,15-16H,1-4H3,(H,17,18). The third kappa shape index (κ3) is 3.47. The summed E-state index contributed by atoms with van der Waals surface area (Å²) in [5.41, 5.74) is 1.69. The van der Waals surface area contributed by atoms with E-state index in [2.05, 4.69) is 5.32 Å². The molecule has 4 nitrogen and oxygen atoms in total. The highest BCUT2D eigenvalue weighted by Crippen LogP contribution is 2.25. The first-order valence-electron chi connectivity index (χ1n) is 6.11. The highest BCUT2D eigenvalue weighted by Gasteiger charge is 2.24. The summed E-state index contributed by atoms with van der Waals surface area (Å²) in [7, 11) is 0. The van der Waals surface area contributed by atoms with Crippen LogP contribution in [0.2, 0.25) is 0 Å². The van der Waals surface area contributed by atoms with E-state index in [1.165, 1.54) is 0 Å². The molecule has 0 fully saturated rings. The molecule has 0 aliphatic heterocycles. The Kier molecular flexibility index (Phi) is 4.73. The number of nitrogens with one attached hydrogen (secondary N) is 1. The van der Waals surface area contributed by atoms with Crippen molar-refractivity contribution in [2.24, 2.45) is 5.92 Å². The number of carboxylic acids is 1. The molecule has 0 saturated heterocycles. The average Bonchev–Trinajstić information content (AvgIpc) is 2.24. The Hall–Kier alpha value is -1.55. The molecular formula is C14H21NO3. The van der Waals surface area contributed by atoms with Crippen molar-refractivity contribution in [1.82, 2.24) is 5.32 Å². The zero-order valence-corrected chi connectivity index (χ0v) is 11.3. The minimum absolute atomic E-state index is 0.0162. The van der Waals surface area contributed by atoms with Crippen LogP contribution in [0.4, 0.5) is 0 Å². The van der Waals surface area contributed by atoms with Crippen molar-refractivity contribution in [2.75, 3.05) is 0 Å². The lowest BCUT2D eigenvalue weighted by Crippen LogP contribution is -2.42. The Bertz CT molecular complexity index is 429. The number of aryl methyl sites for hydroxylation is 1. The van der Waals surface area contributed by atoms with Crippen molar-refractivity contribution in [3.05, 3.63) is 29.3 Å². The fraction of sp³-hybridized carbons (Fsp3) is 0.500. The van der Waals surface area contributed by atoms with Crippen molar-refractivity contribution in [2.45, 2.75) is 39.8 Å². The molecule has 0 saturated carbocycles. The summed E-state index contributed by atoms with van der Waals surface area (Å²) in [5, 5.41) is 22.0. The van der Waals surface area contributed by atoms with Crippen LogP contribution >= 0.6 is 0 Å². The number of benzene rings is 1. The van der Waals surface area contributed by atoms with Gasteiger partial charge in [-0.3, -0.25) is 10.1 Å².